The monoisotopic (exact) mass is 275 g/mol. The Bertz CT molecular complexity index is 441. The molecule has 3 nitrogen and oxygen atoms in total. The van der Waals surface area contributed by atoms with Crippen molar-refractivity contribution in [2.24, 2.45) is 11.8 Å². The Morgan fingerprint density at radius 1 is 1.30 bits per heavy atom. The van der Waals surface area contributed by atoms with Crippen LogP contribution in [0.15, 0.2) is 24.3 Å². The van der Waals surface area contributed by atoms with E-state index in [-0.39, 0.29) is 17.9 Å². The number of benzene rings is 1. The van der Waals surface area contributed by atoms with Crippen molar-refractivity contribution in [3.05, 3.63) is 35.4 Å². The van der Waals surface area contributed by atoms with Crippen LogP contribution in [0.4, 0.5) is 0 Å². The molecule has 1 aliphatic carbocycles. The third-order valence-electron chi connectivity index (χ3n) is 4.49. The summed E-state index contributed by atoms with van der Waals surface area (Å²) in [5, 5.41) is 12.8. The molecule has 110 valence electrons. The van der Waals surface area contributed by atoms with Gasteiger partial charge in [0.05, 0.1) is 5.92 Å². The maximum atomic E-state index is 11.3. The van der Waals surface area contributed by atoms with Crippen LogP contribution in [0.2, 0.25) is 0 Å². The summed E-state index contributed by atoms with van der Waals surface area (Å²) in [6.07, 6.45) is 4.08. The number of hydrogen-bond donors (Lipinski definition) is 2. The van der Waals surface area contributed by atoms with Crippen molar-refractivity contribution in [3.63, 3.8) is 0 Å². The van der Waals surface area contributed by atoms with Crippen molar-refractivity contribution >= 4 is 5.97 Å². The minimum atomic E-state index is -0.625. The fraction of sp³-hybridized carbons (Fsp3) is 0.588. The first-order valence-electron chi connectivity index (χ1n) is 7.60. The van der Waals surface area contributed by atoms with Gasteiger partial charge in [-0.2, -0.15) is 0 Å². The van der Waals surface area contributed by atoms with E-state index in [4.69, 9.17) is 0 Å². The van der Waals surface area contributed by atoms with Crippen LogP contribution in [0.1, 0.15) is 49.8 Å². The summed E-state index contributed by atoms with van der Waals surface area (Å²) in [7, 11) is 0. The Kier molecular flexibility index (Phi) is 5.18. The van der Waals surface area contributed by atoms with Gasteiger partial charge >= 0.3 is 5.97 Å². The van der Waals surface area contributed by atoms with E-state index in [0.717, 1.165) is 32.2 Å². The molecule has 20 heavy (non-hydrogen) atoms. The van der Waals surface area contributed by atoms with Crippen LogP contribution in [0.5, 0.6) is 0 Å². The zero-order chi connectivity index (χ0) is 14.5. The van der Waals surface area contributed by atoms with Gasteiger partial charge in [-0.15, -0.1) is 0 Å². The van der Waals surface area contributed by atoms with Gasteiger partial charge in [-0.05, 0) is 44.7 Å². The van der Waals surface area contributed by atoms with Crippen LogP contribution in [0, 0.1) is 18.8 Å². The van der Waals surface area contributed by atoms with Gasteiger partial charge < -0.3 is 10.4 Å². The molecule has 0 aromatic heterocycles. The van der Waals surface area contributed by atoms with E-state index in [1.165, 1.54) is 11.1 Å². The highest BCUT2D eigenvalue weighted by molar-refractivity contribution is 5.70. The summed E-state index contributed by atoms with van der Waals surface area (Å²) in [5.41, 5.74) is 2.53. The zero-order valence-corrected chi connectivity index (χ0v) is 12.4. The largest absolute Gasteiger partial charge is 0.481 e. The molecule has 2 rings (SSSR count). The van der Waals surface area contributed by atoms with E-state index in [1.807, 2.05) is 0 Å². The normalized spacial score (nSPS) is 24.3. The molecule has 2 N–H and O–H groups in total. The quantitative estimate of drug-likeness (QED) is 0.864. The molecule has 0 radical (unpaired) electrons. The van der Waals surface area contributed by atoms with E-state index < -0.39 is 5.97 Å². The number of aryl methyl sites for hydroxylation is 1. The molecule has 1 aromatic carbocycles. The average molecular weight is 275 g/mol. The van der Waals surface area contributed by atoms with Gasteiger partial charge in [0.1, 0.15) is 0 Å². The number of nitrogens with one attached hydrogen (secondary N) is 1. The molecule has 3 atom stereocenters. The fourth-order valence-electron chi connectivity index (χ4n) is 3.08. The van der Waals surface area contributed by atoms with E-state index in [1.54, 1.807) is 0 Å². The summed E-state index contributed by atoms with van der Waals surface area (Å²) >= 11 is 0. The van der Waals surface area contributed by atoms with Crippen molar-refractivity contribution in [3.8, 4) is 0 Å². The predicted molar refractivity (Wildman–Crippen MR) is 80.7 cm³/mol. The number of carbonyl (C=O) groups is 1. The van der Waals surface area contributed by atoms with Crippen molar-refractivity contribution < 1.29 is 9.90 Å². The van der Waals surface area contributed by atoms with Gasteiger partial charge in [0.15, 0.2) is 0 Å². The minimum absolute atomic E-state index is 0.165. The second-order valence-corrected chi connectivity index (χ2v) is 6.03. The van der Waals surface area contributed by atoms with Crippen LogP contribution in [-0.4, -0.2) is 17.6 Å². The molecular formula is C17H25NO2. The standard InChI is InChI=1S/C17H25NO2/c1-12-7-9-14(10-8-12)13(2)18-11-15-5-3-4-6-16(15)17(19)20/h7-10,13,15-16,18H,3-6,11H2,1-2H3,(H,19,20). The summed E-state index contributed by atoms with van der Waals surface area (Å²) in [4.78, 5) is 11.3. The summed E-state index contributed by atoms with van der Waals surface area (Å²) in [5.74, 6) is -0.518. The van der Waals surface area contributed by atoms with Gasteiger partial charge in [-0.3, -0.25) is 4.79 Å². The number of aliphatic carboxylic acids is 1. The molecule has 1 saturated carbocycles. The highest BCUT2D eigenvalue weighted by atomic mass is 16.4. The zero-order valence-electron chi connectivity index (χ0n) is 12.4. The maximum absolute atomic E-state index is 11.3. The lowest BCUT2D eigenvalue weighted by Gasteiger charge is -2.30. The lowest BCUT2D eigenvalue weighted by atomic mass is 9.79. The SMILES string of the molecule is Cc1ccc(C(C)NCC2CCCCC2C(=O)O)cc1. The Hall–Kier alpha value is -1.35. The molecule has 3 unspecified atom stereocenters. The molecule has 0 bridgehead atoms. The fourth-order valence-corrected chi connectivity index (χ4v) is 3.08. The lowest BCUT2D eigenvalue weighted by Crippen LogP contribution is -2.35. The summed E-state index contributed by atoms with van der Waals surface area (Å²) < 4.78 is 0. The summed E-state index contributed by atoms with van der Waals surface area (Å²) in [6, 6.07) is 8.79. The van der Waals surface area contributed by atoms with Crippen LogP contribution >= 0.6 is 0 Å². The Morgan fingerprint density at radius 3 is 2.60 bits per heavy atom. The number of rotatable bonds is 5. The predicted octanol–water partition coefficient (Wildman–Crippen LogP) is 3.54. The van der Waals surface area contributed by atoms with E-state index >= 15 is 0 Å². The molecule has 0 heterocycles. The van der Waals surface area contributed by atoms with Crippen molar-refractivity contribution in [1.82, 2.24) is 5.32 Å². The Balaban J connectivity index is 1.90. The molecule has 0 amide bonds. The number of hydrogen-bond acceptors (Lipinski definition) is 2. The first-order valence-corrected chi connectivity index (χ1v) is 7.60. The summed E-state index contributed by atoms with van der Waals surface area (Å²) in [6.45, 7) is 5.02. The van der Waals surface area contributed by atoms with Gasteiger partial charge in [-0.1, -0.05) is 42.7 Å². The highest BCUT2D eigenvalue weighted by Gasteiger charge is 2.30. The maximum Gasteiger partial charge on any atom is 0.306 e. The topological polar surface area (TPSA) is 49.3 Å². The average Bonchev–Trinajstić information content (AvgIpc) is 2.45. The van der Waals surface area contributed by atoms with Crippen LogP contribution < -0.4 is 5.32 Å². The van der Waals surface area contributed by atoms with Gasteiger partial charge in [-0.25, -0.2) is 0 Å². The number of carboxylic acid groups (broad SMARTS) is 1. The second kappa shape index (κ2) is 6.89. The molecule has 1 fully saturated rings. The van der Waals surface area contributed by atoms with Gasteiger partial charge in [0.2, 0.25) is 0 Å². The molecule has 1 aromatic rings. The molecule has 0 saturated heterocycles. The second-order valence-electron chi connectivity index (χ2n) is 6.03. The molecule has 1 aliphatic rings. The van der Waals surface area contributed by atoms with Crippen molar-refractivity contribution in [2.45, 2.75) is 45.6 Å². The minimum Gasteiger partial charge on any atom is -0.481 e. The van der Waals surface area contributed by atoms with Crippen molar-refractivity contribution in [1.29, 1.82) is 0 Å². The van der Waals surface area contributed by atoms with E-state index in [9.17, 15) is 9.90 Å². The third kappa shape index (κ3) is 3.83. The Labute approximate surface area is 121 Å². The van der Waals surface area contributed by atoms with Gasteiger partial charge in [0.25, 0.3) is 0 Å². The van der Waals surface area contributed by atoms with Crippen LogP contribution in [0.3, 0.4) is 0 Å². The van der Waals surface area contributed by atoms with Crippen LogP contribution in [0.25, 0.3) is 0 Å². The highest BCUT2D eigenvalue weighted by Crippen LogP contribution is 2.30. The molecule has 0 aliphatic heterocycles. The Morgan fingerprint density at radius 2 is 1.95 bits per heavy atom. The third-order valence-corrected chi connectivity index (χ3v) is 4.49. The first kappa shape index (κ1) is 15.0. The number of carboxylic acids is 1. The van der Waals surface area contributed by atoms with E-state index in [2.05, 4.69) is 43.4 Å². The molecule has 0 spiro atoms. The molecule has 3 heteroatoms. The van der Waals surface area contributed by atoms with E-state index in [0.29, 0.717) is 0 Å². The molecular weight excluding hydrogens is 250 g/mol. The van der Waals surface area contributed by atoms with Gasteiger partial charge in [0, 0.05) is 6.04 Å². The first-order chi connectivity index (χ1) is 9.58. The lowest BCUT2D eigenvalue weighted by molar-refractivity contribution is -0.144. The van der Waals surface area contributed by atoms with Crippen LogP contribution in [-0.2, 0) is 4.79 Å². The smallest absolute Gasteiger partial charge is 0.306 e. The van der Waals surface area contributed by atoms with Crippen molar-refractivity contribution in [2.75, 3.05) is 6.54 Å².